The fourth-order valence-electron chi connectivity index (χ4n) is 1.34. The zero-order valence-corrected chi connectivity index (χ0v) is 10.2. The molecule has 96 valence electrons. The average molecular weight is 279 g/mol. The molecule has 1 aromatic carbocycles. The van der Waals surface area contributed by atoms with Crippen molar-refractivity contribution in [3.8, 4) is 11.8 Å². The molecule has 0 radical (unpaired) electrons. The van der Waals surface area contributed by atoms with Crippen molar-refractivity contribution in [2.75, 3.05) is 0 Å². The molecule has 19 heavy (non-hydrogen) atoms. The predicted molar refractivity (Wildman–Crippen MR) is 64.0 cm³/mol. The molecule has 0 atom stereocenters. The Balaban J connectivity index is 2.12. The summed E-state index contributed by atoms with van der Waals surface area (Å²) in [6.07, 6.45) is 0. The first-order chi connectivity index (χ1) is 9.10. The number of carbonyl (C=O) groups is 1. The van der Waals surface area contributed by atoms with E-state index in [1.807, 2.05) is 6.07 Å². The van der Waals surface area contributed by atoms with E-state index < -0.39 is 5.97 Å². The maximum absolute atomic E-state index is 10.6. The molecule has 0 aliphatic carbocycles. The molecule has 2 aromatic rings. The number of nitriles is 1. The largest absolute Gasteiger partial charge is 0.484 e. The summed E-state index contributed by atoms with van der Waals surface area (Å²) in [4.78, 5) is 10.6. The second kappa shape index (κ2) is 5.42. The average Bonchev–Trinajstić information content (AvgIpc) is 2.85. The van der Waals surface area contributed by atoms with E-state index in [4.69, 9.17) is 31.2 Å². The van der Waals surface area contributed by atoms with Crippen LogP contribution in [0.5, 0.6) is 5.75 Å². The molecule has 0 aliphatic heterocycles. The van der Waals surface area contributed by atoms with Crippen LogP contribution in [0.1, 0.15) is 21.8 Å². The highest BCUT2D eigenvalue weighted by Crippen LogP contribution is 2.23. The summed E-state index contributed by atoms with van der Waals surface area (Å²) in [6.45, 7) is -0.0463. The third-order valence-electron chi connectivity index (χ3n) is 2.21. The van der Waals surface area contributed by atoms with Gasteiger partial charge in [0.2, 0.25) is 0 Å². The fourth-order valence-corrected chi connectivity index (χ4v) is 1.50. The van der Waals surface area contributed by atoms with Gasteiger partial charge in [-0.3, -0.25) is 0 Å². The Morgan fingerprint density at radius 1 is 1.53 bits per heavy atom. The monoisotopic (exact) mass is 278 g/mol. The fraction of sp³-hybridized carbons (Fsp3) is 0.0833. The molecule has 1 N–H and O–H groups in total. The van der Waals surface area contributed by atoms with Gasteiger partial charge in [-0.15, -0.1) is 0 Å². The predicted octanol–water partition coefficient (Wildman–Crippen LogP) is 2.48. The van der Waals surface area contributed by atoms with Crippen molar-refractivity contribution in [3.63, 3.8) is 0 Å². The minimum Gasteiger partial charge on any atom is -0.484 e. The van der Waals surface area contributed by atoms with Gasteiger partial charge in [-0.2, -0.15) is 5.26 Å². The van der Waals surface area contributed by atoms with E-state index in [1.165, 1.54) is 18.2 Å². The Labute approximate surface area is 112 Å². The van der Waals surface area contributed by atoms with Gasteiger partial charge in [0.25, 0.3) is 0 Å². The summed E-state index contributed by atoms with van der Waals surface area (Å²) in [5.74, 6) is -0.653. The van der Waals surface area contributed by atoms with E-state index >= 15 is 0 Å². The molecule has 7 heteroatoms. The molecular weight excluding hydrogens is 272 g/mol. The van der Waals surface area contributed by atoms with Gasteiger partial charge in [0.15, 0.2) is 11.5 Å². The van der Waals surface area contributed by atoms with Gasteiger partial charge in [0.1, 0.15) is 18.4 Å². The van der Waals surface area contributed by atoms with Gasteiger partial charge < -0.3 is 14.4 Å². The number of carboxylic acids is 1. The van der Waals surface area contributed by atoms with Crippen LogP contribution >= 0.6 is 11.6 Å². The van der Waals surface area contributed by atoms with Crippen LogP contribution < -0.4 is 4.74 Å². The molecule has 0 saturated carbocycles. The molecule has 0 aliphatic rings. The first-order valence-electron chi connectivity index (χ1n) is 5.11. The summed E-state index contributed by atoms with van der Waals surface area (Å²) in [5.41, 5.74) is 0.118. The van der Waals surface area contributed by atoms with Crippen molar-refractivity contribution in [1.82, 2.24) is 5.16 Å². The maximum atomic E-state index is 10.6. The van der Waals surface area contributed by atoms with E-state index in [0.29, 0.717) is 16.3 Å². The molecule has 0 saturated heterocycles. The number of aromatic nitrogens is 1. The summed E-state index contributed by atoms with van der Waals surface area (Å²) in [6, 6.07) is 7.80. The van der Waals surface area contributed by atoms with E-state index in [-0.39, 0.29) is 18.1 Å². The van der Waals surface area contributed by atoms with E-state index in [0.717, 1.165) is 0 Å². The first-order valence-corrected chi connectivity index (χ1v) is 5.49. The molecule has 0 fully saturated rings. The van der Waals surface area contributed by atoms with Crippen molar-refractivity contribution in [3.05, 3.63) is 46.3 Å². The number of hydrogen-bond acceptors (Lipinski definition) is 5. The van der Waals surface area contributed by atoms with Crippen LogP contribution in [0.2, 0.25) is 5.02 Å². The van der Waals surface area contributed by atoms with Crippen LogP contribution in [-0.4, -0.2) is 16.2 Å². The topological polar surface area (TPSA) is 96.3 Å². The highest BCUT2D eigenvalue weighted by atomic mass is 35.5. The lowest BCUT2D eigenvalue weighted by Gasteiger charge is -2.05. The molecular formula is C12H7ClN2O4. The van der Waals surface area contributed by atoms with Crippen LogP contribution in [0, 0.1) is 11.3 Å². The zero-order chi connectivity index (χ0) is 13.8. The quantitative estimate of drug-likeness (QED) is 0.923. The molecule has 0 amide bonds. The molecule has 0 bridgehead atoms. The lowest BCUT2D eigenvalue weighted by molar-refractivity contribution is 0.0685. The Bertz CT molecular complexity index is 660. The summed E-state index contributed by atoms with van der Waals surface area (Å²) in [5, 5.41) is 21.3. The van der Waals surface area contributed by atoms with E-state index in [1.54, 1.807) is 6.07 Å². The van der Waals surface area contributed by atoms with Crippen LogP contribution in [0.15, 0.2) is 28.8 Å². The molecule has 2 rings (SSSR count). The SMILES string of the molecule is N#Cc1ccc(Cl)cc1OCc1cc(C(=O)O)no1. The summed E-state index contributed by atoms with van der Waals surface area (Å²) < 4.78 is 10.1. The molecule has 1 aromatic heterocycles. The van der Waals surface area contributed by atoms with Crippen molar-refractivity contribution >= 4 is 17.6 Å². The van der Waals surface area contributed by atoms with Crippen LogP contribution in [0.25, 0.3) is 0 Å². The van der Waals surface area contributed by atoms with Crippen LogP contribution in [0.3, 0.4) is 0 Å². The molecule has 1 heterocycles. The Hall–Kier alpha value is -2.52. The minimum atomic E-state index is -1.18. The lowest BCUT2D eigenvalue weighted by atomic mass is 10.2. The van der Waals surface area contributed by atoms with Crippen molar-refractivity contribution in [1.29, 1.82) is 5.26 Å². The Kier molecular flexibility index (Phi) is 3.68. The number of carboxylic acid groups (broad SMARTS) is 1. The number of nitrogens with zero attached hydrogens (tertiary/aromatic N) is 2. The second-order valence-electron chi connectivity index (χ2n) is 3.52. The van der Waals surface area contributed by atoms with E-state index in [9.17, 15) is 4.79 Å². The second-order valence-corrected chi connectivity index (χ2v) is 3.96. The number of ether oxygens (including phenoxy) is 1. The minimum absolute atomic E-state index is 0.0463. The number of benzene rings is 1. The summed E-state index contributed by atoms with van der Waals surface area (Å²) >= 11 is 5.80. The Morgan fingerprint density at radius 3 is 2.95 bits per heavy atom. The van der Waals surface area contributed by atoms with Gasteiger partial charge in [-0.1, -0.05) is 16.8 Å². The Morgan fingerprint density at radius 2 is 2.32 bits per heavy atom. The normalized spacial score (nSPS) is 9.89. The maximum Gasteiger partial charge on any atom is 0.358 e. The number of aromatic carboxylic acids is 1. The first kappa shape index (κ1) is 12.9. The van der Waals surface area contributed by atoms with Crippen molar-refractivity contribution < 1.29 is 19.2 Å². The number of hydrogen-bond donors (Lipinski definition) is 1. The molecule has 0 unspecified atom stereocenters. The third-order valence-corrected chi connectivity index (χ3v) is 2.45. The van der Waals surface area contributed by atoms with Crippen LogP contribution in [0.4, 0.5) is 0 Å². The lowest BCUT2D eigenvalue weighted by Crippen LogP contribution is -1.97. The van der Waals surface area contributed by atoms with Gasteiger partial charge in [-0.05, 0) is 12.1 Å². The standard InChI is InChI=1S/C12H7ClN2O4/c13-8-2-1-7(5-14)11(3-8)18-6-9-4-10(12(16)17)15-19-9/h1-4H,6H2,(H,16,17). The third kappa shape index (κ3) is 3.03. The van der Waals surface area contributed by atoms with Crippen molar-refractivity contribution in [2.24, 2.45) is 0 Å². The number of rotatable bonds is 4. The van der Waals surface area contributed by atoms with Gasteiger partial charge >= 0.3 is 5.97 Å². The smallest absolute Gasteiger partial charge is 0.358 e. The highest BCUT2D eigenvalue weighted by Gasteiger charge is 2.12. The highest BCUT2D eigenvalue weighted by molar-refractivity contribution is 6.30. The van der Waals surface area contributed by atoms with Gasteiger partial charge in [0, 0.05) is 17.2 Å². The number of halogens is 1. The zero-order valence-electron chi connectivity index (χ0n) is 9.46. The van der Waals surface area contributed by atoms with E-state index in [2.05, 4.69) is 5.16 Å². The molecule has 6 nitrogen and oxygen atoms in total. The summed E-state index contributed by atoms with van der Waals surface area (Å²) in [7, 11) is 0. The van der Waals surface area contributed by atoms with Crippen LogP contribution in [-0.2, 0) is 6.61 Å². The van der Waals surface area contributed by atoms with Crippen molar-refractivity contribution in [2.45, 2.75) is 6.61 Å². The molecule has 0 spiro atoms. The van der Waals surface area contributed by atoms with Gasteiger partial charge in [0.05, 0.1) is 5.56 Å². The van der Waals surface area contributed by atoms with Gasteiger partial charge in [-0.25, -0.2) is 4.79 Å².